The average molecular weight is 204 g/mol. The normalized spacial score (nSPS) is 19.1. The molecule has 3 N–H and O–H groups in total. The standard InChI is InChI=1S/C11H17BN2O/c1-3-11-9-5-4-8(14-7-13)6-10(9)12(2)15-11/h4-6,11,14H,3,7,13H2,1-2H3. The third-order valence-electron chi connectivity index (χ3n) is 2.92. The topological polar surface area (TPSA) is 47.3 Å². The molecule has 0 radical (unpaired) electrons. The van der Waals surface area contributed by atoms with Crippen LogP contribution in [0.25, 0.3) is 0 Å². The van der Waals surface area contributed by atoms with Gasteiger partial charge in [0.2, 0.25) is 0 Å². The first-order chi connectivity index (χ1) is 7.26. The summed E-state index contributed by atoms with van der Waals surface area (Å²) in [4.78, 5) is 0. The van der Waals surface area contributed by atoms with E-state index in [4.69, 9.17) is 10.4 Å². The fourth-order valence-corrected chi connectivity index (χ4v) is 2.16. The number of nitrogens with one attached hydrogen (secondary N) is 1. The van der Waals surface area contributed by atoms with Crippen LogP contribution in [0.5, 0.6) is 0 Å². The second kappa shape index (κ2) is 4.25. The van der Waals surface area contributed by atoms with Crippen molar-refractivity contribution < 1.29 is 4.65 Å². The van der Waals surface area contributed by atoms with Gasteiger partial charge in [0, 0.05) is 5.69 Å². The number of nitrogens with two attached hydrogens (primary N) is 1. The van der Waals surface area contributed by atoms with E-state index in [-0.39, 0.29) is 13.0 Å². The lowest BCUT2D eigenvalue weighted by atomic mass is 9.64. The molecule has 0 spiro atoms. The number of benzene rings is 1. The van der Waals surface area contributed by atoms with Crippen molar-refractivity contribution in [1.29, 1.82) is 0 Å². The summed E-state index contributed by atoms with van der Waals surface area (Å²) in [5.74, 6) is 0. The molecule has 1 aliphatic heterocycles. The molecular weight excluding hydrogens is 187 g/mol. The van der Waals surface area contributed by atoms with Gasteiger partial charge in [-0.05, 0) is 29.6 Å². The van der Waals surface area contributed by atoms with Crippen molar-refractivity contribution in [2.45, 2.75) is 26.3 Å². The molecule has 0 saturated carbocycles. The van der Waals surface area contributed by atoms with Crippen LogP contribution in [0, 0.1) is 0 Å². The van der Waals surface area contributed by atoms with Crippen LogP contribution in [0.1, 0.15) is 25.0 Å². The fourth-order valence-electron chi connectivity index (χ4n) is 2.16. The van der Waals surface area contributed by atoms with Crippen molar-refractivity contribution in [1.82, 2.24) is 0 Å². The Hall–Kier alpha value is -0.995. The van der Waals surface area contributed by atoms with Crippen molar-refractivity contribution in [3.63, 3.8) is 0 Å². The number of anilines is 1. The molecule has 2 rings (SSSR count). The molecule has 0 amide bonds. The minimum Gasteiger partial charge on any atom is -0.424 e. The molecule has 0 fully saturated rings. The molecule has 1 atom stereocenters. The van der Waals surface area contributed by atoms with Gasteiger partial charge < -0.3 is 15.7 Å². The van der Waals surface area contributed by atoms with E-state index in [9.17, 15) is 0 Å². The summed E-state index contributed by atoms with van der Waals surface area (Å²) in [5, 5.41) is 3.11. The van der Waals surface area contributed by atoms with Crippen LogP contribution in [0.2, 0.25) is 6.82 Å². The summed E-state index contributed by atoms with van der Waals surface area (Å²) in [6.45, 7) is 4.91. The Bertz CT molecular complexity index is 356. The van der Waals surface area contributed by atoms with Crippen molar-refractivity contribution in [2.24, 2.45) is 5.73 Å². The largest absolute Gasteiger partial charge is 0.424 e. The molecule has 1 aromatic carbocycles. The molecule has 3 nitrogen and oxygen atoms in total. The Morgan fingerprint density at radius 1 is 1.53 bits per heavy atom. The van der Waals surface area contributed by atoms with Crippen molar-refractivity contribution in [2.75, 3.05) is 12.0 Å². The SMILES string of the molecule is CCC1OB(C)c2cc(NCN)ccc21. The van der Waals surface area contributed by atoms with Gasteiger partial charge in [-0.3, -0.25) is 0 Å². The van der Waals surface area contributed by atoms with E-state index in [1.165, 1.54) is 11.0 Å². The second-order valence-corrected chi connectivity index (χ2v) is 3.90. The summed E-state index contributed by atoms with van der Waals surface area (Å²) in [5.41, 5.74) is 9.14. The van der Waals surface area contributed by atoms with Crippen LogP contribution < -0.4 is 16.5 Å². The van der Waals surface area contributed by atoms with Gasteiger partial charge in [-0.1, -0.05) is 19.8 Å². The summed E-state index contributed by atoms with van der Waals surface area (Å²) >= 11 is 0. The molecule has 0 aliphatic carbocycles. The second-order valence-electron chi connectivity index (χ2n) is 3.90. The lowest BCUT2D eigenvalue weighted by Gasteiger charge is -2.09. The third kappa shape index (κ3) is 1.87. The van der Waals surface area contributed by atoms with Crippen molar-refractivity contribution in [3.05, 3.63) is 23.8 Å². The molecule has 1 unspecified atom stereocenters. The van der Waals surface area contributed by atoms with Gasteiger partial charge in [-0.25, -0.2) is 0 Å². The lowest BCUT2D eigenvalue weighted by molar-refractivity contribution is 0.221. The molecular formula is C11H17BN2O. The van der Waals surface area contributed by atoms with E-state index in [0.29, 0.717) is 6.67 Å². The van der Waals surface area contributed by atoms with Gasteiger partial charge in [-0.2, -0.15) is 0 Å². The molecule has 1 aromatic rings. The highest BCUT2D eigenvalue weighted by Gasteiger charge is 2.30. The highest BCUT2D eigenvalue weighted by molar-refractivity contribution is 6.67. The van der Waals surface area contributed by atoms with Crippen LogP contribution in [0.3, 0.4) is 0 Å². The van der Waals surface area contributed by atoms with E-state index in [2.05, 4.69) is 37.3 Å². The molecule has 15 heavy (non-hydrogen) atoms. The molecule has 1 aliphatic rings. The van der Waals surface area contributed by atoms with Crippen LogP contribution in [0.15, 0.2) is 18.2 Å². The van der Waals surface area contributed by atoms with E-state index < -0.39 is 0 Å². The highest BCUT2D eigenvalue weighted by atomic mass is 16.5. The molecule has 1 heterocycles. The van der Waals surface area contributed by atoms with E-state index in [1.807, 2.05) is 0 Å². The Labute approximate surface area is 91.1 Å². The van der Waals surface area contributed by atoms with Gasteiger partial charge in [-0.15, -0.1) is 0 Å². The molecule has 0 saturated heterocycles. The first-order valence-electron chi connectivity index (χ1n) is 5.49. The lowest BCUT2D eigenvalue weighted by Crippen LogP contribution is -2.25. The Balaban J connectivity index is 2.32. The van der Waals surface area contributed by atoms with E-state index in [1.54, 1.807) is 0 Å². The van der Waals surface area contributed by atoms with Crippen LogP contribution in [-0.2, 0) is 4.65 Å². The Morgan fingerprint density at radius 3 is 3.00 bits per heavy atom. The molecule has 4 heteroatoms. The zero-order valence-corrected chi connectivity index (χ0v) is 9.29. The maximum Gasteiger partial charge on any atom is 0.324 e. The van der Waals surface area contributed by atoms with Crippen LogP contribution >= 0.6 is 0 Å². The quantitative estimate of drug-likeness (QED) is 0.576. The van der Waals surface area contributed by atoms with Crippen molar-refractivity contribution in [3.8, 4) is 0 Å². The zero-order valence-electron chi connectivity index (χ0n) is 9.29. The number of hydrogen-bond donors (Lipinski definition) is 2. The fraction of sp³-hybridized carbons (Fsp3) is 0.455. The van der Waals surface area contributed by atoms with Crippen LogP contribution in [0.4, 0.5) is 5.69 Å². The first kappa shape index (κ1) is 10.5. The average Bonchev–Trinajstić information content (AvgIpc) is 2.56. The van der Waals surface area contributed by atoms with E-state index >= 15 is 0 Å². The molecule has 0 bridgehead atoms. The summed E-state index contributed by atoms with van der Waals surface area (Å²) in [6, 6.07) is 6.35. The minimum atomic E-state index is 0.199. The monoisotopic (exact) mass is 204 g/mol. The van der Waals surface area contributed by atoms with Gasteiger partial charge in [0.15, 0.2) is 0 Å². The minimum absolute atomic E-state index is 0.199. The van der Waals surface area contributed by atoms with Crippen molar-refractivity contribution >= 4 is 18.1 Å². The van der Waals surface area contributed by atoms with Crippen LogP contribution in [-0.4, -0.2) is 13.6 Å². The van der Waals surface area contributed by atoms with Gasteiger partial charge in [0.25, 0.3) is 0 Å². The number of hydrogen-bond acceptors (Lipinski definition) is 3. The first-order valence-corrected chi connectivity index (χ1v) is 5.49. The zero-order chi connectivity index (χ0) is 10.8. The molecule has 0 aromatic heterocycles. The summed E-state index contributed by atoms with van der Waals surface area (Å²) < 4.78 is 5.85. The predicted octanol–water partition coefficient (Wildman–Crippen LogP) is 1.32. The summed E-state index contributed by atoms with van der Waals surface area (Å²) in [6.07, 6.45) is 1.29. The third-order valence-corrected chi connectivity index (χ3v) is 2.92. The highest BCUT2D eigenvalue weighted by Crippen LogP contribution is 2.28. The van der Waals surface area contributed by atoms with Gasteiger partial charge >= 0.3 is 6.92 Å². The number of rotatable bonds is 3. The summed E-state index contributed by atoms with van der Waals surface area (Å²) in [7, 11) is 0. The van der Waals surface area contributed by atoms with Gasteiger partial charge in [0.1, 0.15) is 0 Å². The predicted molar refractivity (Wildman–Crippen MR) is 64.5 cm³/mol. The molecule has 80 valence electrons. The van der Waals surface area contributed by atoms with Gasteiger partial charge in [0.05, 0.1) is 12.8 Å². The smallest absolute Gasteiger partial charge is 0.324 e. The Morgan fingerprint density at radius 2 is 2.33 bits per heavy atom. The maximum atomic E-state index is 5.85. The van der Waals surface area contributed by atoms with E-state index in [0.717, 1.165) is 12.1 Å². The Kier molecular flexibility index (Phi) is 2.98. The maximum absolute atomic E-state index is 5.85. The number of fused-ring (bicyclic) bond motifs is 1.